The van der Waals surface area contributed by atoms with Crippen LogP contribution >= 0.6 is 23.2 Å². The van der Waals surface area contributed by atoms with Crippen LogP contribution in [0.1, 0.15) is 34.9 Å². The number of hydrogen-bond acceptors (Lipinski definition) is 2. The lowest BCUT2D eigenvalue weighted by atomic mass is 9.87. The van der Waals surface area contributed by atoms with Gasteiger partial charge in [-0.1, -0.05) is 53.5 Å². The normalized spacial score (nSPS) is 16.9. The first kappa shape index (κ1) is 17.3. The Bertz CT molecular complexity index is 713. The summed E-state index contributed by atoms with van der Waals surface area (Å²) in [6.45, 7) is 1.27. The van der Waals surface area contributed by atoms with Crippen molar-refractivity contribution in [3.63, 3.8) is 0 Å². The number of piperidine rings is 1. The molecular weight excluding hydrogens is 345 g/mol. The fourth-order valence-electron chi connectivity index (χ4n) is 3.15. The van der Waals surface area contributed by atoms with E-state index in [-0.39, 0.29) is 11.8 Å². The molecule has 3 nitrogen and oxygen atoms in total. The summed E-state index contributed by atoms with van der Waals surface area (Å²) in [6, 6.07) is 14.6. The number of carbonyl (C=O) groups is 1. The lowest BCUT2D eigenvalue weighted by molar-refractivity contribution is 0.0462. The first-order valence-electron chi connectivity index (χ1n) is 8.03. The molecule has 0 saturated carbocycles. The minimum atomic E-state index is -0.478. The monoisotopic (exact) mass is 363 g/mol. The topological polar surface area (TPSA) is 40.5 Å². The van der Waals surface area contributed by atoms with E-state index in [0.29, 0.717) is 28.7 Å². The van der Waals surface area contributed by atoms with Crippen LogP contribution in [-0.2, 0) is 0 Å². The molecule has 2 aromatic carbocycles. The van der Waals surface area contributed by atoms with Crippen molar-refractivity contribution in [2.75, 3.05) is 13.1 Å². The molecule has 5 heteroatoms. The smallest absolute Gasteiger partial charge is 0.253 e. The number of amides is 1. The number of aliphatic hydroxyl groups excluding tert-OH is 1. The van der Waals surface area contributed by atoms with Crippen molar-refractivity contribution in [3.05, 3.63) is 69.7 Å². The zero-order chi connectivity index (χ0) is 17.1. The Morgan fingerprint density at radius 3 is 2.33 bits per heavy atom. The first-order chi connectivity index (χ1) is 11.6. The molecular formula is C19H19Cl2NO2. The fourth-order valence-corrected chi connectivity index (χ4v) is 3.45. The number of likely N-dealkylation sites (tertiary alicyclic amines) is 1. The van der Waals surface area contributed by atoms with Gasteiger partial charge in [0.2, 0.25) is 0 Å². The number of nitrogens with zero attached hydrogens (tertiary/aromatic N) is 1. The summed E-state index contributed by atoms with van der Waals surface area (Å²) in [5, 5.41) is 11.3. The maximum atomic E-state index is 12.6. The maximum Gasteiger partial charge on any atom is 0.253 e. The molecule has 0 aromatic heterocycles. The number of halogens is 2. The Morgan fingerprint density at radius 2 is 1.71 bits per heavy atom. The minimum absolute atomic E-state index is 0.0405. The van der Waals surface area contributed by atoms with Gasteiger partial charge in [-0.05, 0) is 42.5 Å². The van der Waals surface area contributed by atoms with Crippen molar-refractivity contribution < 1.29 is 9.90 Å². The fraction of sp³-hybridized carbons (Fsp3) is 0.316. The van der Waals surface area contributed by atoms with Crippen molar-refractivity contribution in [2.24, 2.45) is 5.92 Å². The van der Waals surface area contributed by atoms with Crippen LogP contribution in [0, 0.1) is 5.92 Å². The van der Waals surface area contributed by atoms with Crippen molar-refractivity contribution >= 4 is 29.1 Å². The zero-order valence-electron chi connectivity index (χ0n) is 13.2. The molecule has 1 aliphatic rings. The largest absolute Gasteiger partial charge is 0.388 e. The Labute approximate surface area is 151 Å². The van der Waals surface area contributed by atoms with Crippen LogP contribution in [0.25, 0.3) is 0 Å². The molecule has 1 fully saturated rings. The first-order valence-corrected chi connectivity index (χ1v) is 8.79. The van der Waals surface area contributed by atoms with Gasteiger partial charge < -0.3 is 10.0 Å². The van der Waals surface area contributed by atoms with Crippen LogP contribution in [0.2, 0.25) is 10.0 Å². The molecule has 0 spiro atoms. The zero-order valence-corrected chi connectivity index (χ0v) is 14.7. The molecule has 3 rings (SSSR count). The highest BCUT2D eigenvalue weighted by atomic mass is 35.5. The van der Waals surface area contributed by atoms with Crippen LogP contribution < -0.4 is 0 Å². The SMILES string of the molecule is O=C(c1ccc(Cl)c(Cl)c1)N1CCC(C(O)c2ccccc2)CC1. The van der Waals surface area contributed by atoms with E-state index in [4.69, 9.17) is 23.2 Å². The predicted octanol–water partition coefficient (Wildman–Crippen LogP) is 4.58. The molecule has 1 atom stereocenters. The Balaban J connectivity index is 1.62. The molecule has 0 radical (unpaired) electrons. The van der Waals surface area contributed by atoms with Gasteiger partial charge >= 0.3 is 0 Å². The Morgan fingerprint density at radius 1 is 1.04 bits per heavy atom. The van der Waals surface area contributed by atoms with Gasteiger partial charge in [0.05, 0.1) is 16.1 Å². The third-order valence-corrected chi connectivity index (χ3v) is 5.32. The third kappa shape index (κ3) is 3.75. The molecule has 1 aliphatic heterocycles. The van der Waals surface area contributed by atoms with Gasteiger partial charge in [0.1, 0.15) is 0 Å². The second-order valence-electron chi connectivity index (χ2n) is 6.11. The molecule has 1 heterocycles. The highest BCUT2D eigenvalue weighted by Crippen LogP contribution is 2.31. The van der Waals surface area contributed by atoms with E-state index in [0.717, 1.165) is 18.4 Å². The van der Waals surface area contributed by atoms with Crippen molar-refractivity contribution in [1.82, 2.24) is 4.90 Å². The van der Waals surface area contributed by atoms with Crippen molar-refractivity contribution in [3.8, 4) is 0 Å². The summed E-state index contributed by atoms with van der Waals surface area (Å²) < 4.78 is 0. The number of aliphatic hydroxyl groups is 1. The van der Waals surface area contributed by atoms with Crippen molar-refractivity contribution in [1.29, 1.82) is 0 Å². The summed E-state index contributed by atoms with van der Waals surface area (Å²) in [7, 11) is 0. The van der Waals surface area contributed by atoms with Gasteiger partial charge in [0.15, 0.2) is 0 Å². The highest BCUT2D eigenvalue weighted by Gasteiger charge is 2.28. The summed E-state index contributed by atoms with van der Waals surface area (Å²) in [5.74, 6) is 0.131. The van der Waals surface area contributed by atoms with Crippen LogP contribution in [0.5, 0.6) is 0 Å². The number of rotatable bonds is 3. The van der Waals surface area contributed by atoms with E-state index < -0.39 is 6.10 Å². The van der Waals surface area contributed by atoms with E-state index in [9.17, 15) is 9.90 Å². The molecule has 1 unspecified atom stereocenters. The maximum absolute atomic E-state index is 12.6. The summed E-state index contributed by atoms with van der Waals surface area (Å²) >= 11 is 11.9. The average molecular weight is 364 g/mol. The summed E-state index contributed by atoms with van der Waals surface area (Å²) in [6.07, 6.45) is 1.08. The van der Waals surface area contributed by atoms with E-state index in [1.54, 1.807) is 18.2 Å². The summed E-state index contributed by atoms with van der Waals surface area (Å²) in [4.78, 5) is 14.4. The second kappa shape index (κ2) is 7.56. The molecule has 0 aliphatic carbocycles. The number of benzene rings is 2. The van der Waals surface area contributed by atoms with E-state index in [2.05, 4.69) is 0 Å². The standard InChI is InChI=1S/C19H19Cl2NO2/c20-16-7-6-15(12-17(16)21)19(24)22-10-8-14(9-11-22)18(23)13-4-2-1-3-5-13/h1-7,12,14,18,23H,8-11H2. The molecule has 126 valence electrons. The lowest BCUT2D eigenvalue weighted by Gasteiger charge is -2.34. The van der Waals surface area contributed by atoms with Crippen LogP contribution in [-0.4, -0.2) is 29.0 Å². The predicted molar refractivity (Wildman–Crippen MR) is 96.5 cm³/mol. The van der Waals surface area contributed by atoms with Crippen molar-refractivity contribution in [2.45, 2.75) is 18.9 Å². The summed E-state index contributed by atoms with van der Waals surface area (Å²) in [5.41, 5.74) is 1.48. The molecule has 2 aromatic rings. The van der Waals surface area contributed by atoms with Gasteiger partial charge in [-0.25, -0.2) is 0 Å². The molecule has 1 saturated heterocycles. The Kier molecular flexibility index (Phi) is 5.44. The molecule has 0 bridgehead atoms. The number of hydrogen-bond donors (Lipinski definition) is 1. The third-order valence-electron chi connectivity index (χ3n) is 4.58. The quantitative estimate of drug-likeness (QED) is 0.866. The van der Waals surface area contributed by atoms with Crippen LogP contribution in [0.3, 0.4) is 0 Å². The highest BCUT2D eigenvalue weighted by molar-refractivity contribution is 6.42. The second-order valence-corrected chi connectivity index (χ2v) is 6.93. The van der Waals surface area contributed by atoms with Crippen LogP contribution in [0.15, 0.2) is 48.5 Å². The van der Waals surface area contributed by atoms with Gasteiger partial charge in [-0.15, -0.1) is 0 Å². The van der Waals surface area contributed by atoms with E-state index in [1.165, 1.54) is 0 Å². The van der Waals surface area contributed by atoms with E-state index >= 15 is 0 Å². The molecule has 24 heavy (non-hydrogen) atoms. The van der Waals surface area contributed by atoms with Gasteiger partial charge in [0, 0.05) is 18.7 Å². The molecule has 1 amide bonds. The van der Waals surface area contributed by atoms with Crippen LogP contribution in [0.4, 0.5) is 0 Å². The van der Waals surface area contributed by atoms with Gasteiger partial charge in [0.25, 0.3) is 5.91 Å². The van der Waals surface area contributed by atoms with Gasteiger partial charge in [-0.2, -0.15) is 0 Å². The van der Waals surface area contributed by atoms with Gasteiger partial charge in [-0.3, -0.25) is 4.79 Å². The molecule has 1 N–H and O–H groups in total. The average Bonchev–Trinajstić information content (AvgIpc) is 2.63. The number of carbonyl (C=O) groups excluding carboxylic acids is 1. The minimum Gasteiger partial charge on any atom is -0.388 e. The Hall–Kier alpha value is -1.55. The lowest BCUT2D eigenvalue weighted by Crippen LogP contribution is -2.39. The van der Waals surface area contributed by atoms with E-state index in [1.807, 2.05) is 35.2 Å².